The maximum Gasteiger partial charge on any atom is 0.180 e. The van der Waals surface area contributed by atoms with E-state index in [2.05, 4.69) is 15.0 Å². The summed E-state index contributed by atoms with van der Waals surface area (Å²) < 4.78 is 0. The smallest absolute Gasteiger partial charge is 0.180 e. The zero-order valence-electron chi connectivity index (χ0n) is 11.1. The summed E-state index contributed by atoms with van der Waals surface area (Å²) in [6.45, 7) is 1.97. The van der Waals surface area contributed by atoms with Crippen molar-refractivity contribution < 1.29 is 0 Å². The molecule has 1 aliphatic rings. The van der Waals surface area contributed by atoms with Gasteiger partial charge in [-0.25, -0.2) is 15.0 Å². The molecule has 0 radical (unpaired) electrons. The molecule has 0 unspecified atom stereocenters. The number of hydrogen-bond donors (Lipinski definition) is 1. The van der Waals surface area contributed by atoms with Gasteiger partial charge in [0.15, 0.2) is 5.82 Å². The molecule has 3 rings (SSSR count). The highest BCUT2D eigenvalue weighted by atomic mass is 15.0. The van der Waals surface area contributed by atoms with Crippen LogP contribution in [0.4, 0.5) is 5.82 Å². The van der Waals surface area contributed by atoms with E-state index in [4.69, 9.17) is 5.73 Å². The lowest BCUT2D eigenvalue weighted by atomic mass is 10.0. The third kappa shape index (κ3) is 2.57. The number of hydrogen-bond acceptors (Lipinski definition) is 4. The van der Waals surface area contributed by atoms with Gasteiger partial charge in [0.05, 0.1) is 0 Å². The maximum atomic E-state index is 5.92. The number of nitrogens with zero attached hydrogens (tertiary/aromatic N) is 3. The van der Waals surface area contributed by atoms with Crippen LogP contribution in [0.3, 0.4) is 0 Å². The lowest BCUT2D eigenvalue weighted by molar-refractivity contribution is 0.695. The predicted molar refractivity (Wildman–Crippen MR) is 75.6 cm³/mol. The van der Waals surface area contributed by atoms with Crippen LogP contribution >= 0.6 is 0 Å². The molecule has 0 amide bonds. The van der Waals surface area contributed by atoms with Gasteiger partial charge in [0.2, 0.25) is 0 Å². The lowest BCUT2D eigenvalue weighted by Gasteiger charge is -2.10. The Morgan fingerprint density at radius 1 is 1.11 bits per heavy atom. The van der Waals surface area contributed by atoms with Crippen molar-refractivity contribution in [2.24, 2.45) is 0 Å². The highest BCUT2D eigenvalue weighted by Gasteiger charge is 2.20. The Morgan fingerprint density at radius 3 is 2.63 bits per heavy atom. The quantitative estimate of drug-likeness (QED) is 0.894. The summed E-state index contributed by atoms with van der Waals surface area (Å²) in [5.41, 5.74) is 8.76. The molecule has 1 fully saturated rings. The second-order valence-corrected chi connectivity index (χ2v) is 5.19. The zero-order valence-corrected chi connectivity index (χ0v) is 11.1. The van der Waals surface area contributed by atoms with Crippen LogP contribution in [0.1, 0.15) is 43.0 Å². The van der Waals surface area contributed by atoms with E-state index in [1.165, 1.54) is 25.7 Å². The molecule has 2 N–H and O–H groups in total. The average Bonchev–Trinajstić information content (AvgIpc) is 2.92. The molecule has 0 spiro atoms. The van der Waals surface area contributed by atoms with Crippen molar-refractivity contribution in [2.45, 2.75) is 38.5 Å². The van der Waals surface area contributed by atoms with E-state index >= 15 is 0 Å². The fourth-order valence-corrected chi connectivity index (χ4v) is 2.70. The van der Waals surface area contributed by atoms with Crippen LogP contribution in [0.5, 0.6) is 0 Å². The van der Waals surface area contributed by atoms with Gasteiger partial charge in [-0.3, -0.25) is 0 Å². The van der Waals surface area contributed by atoms with Crippen molar-refractivity contribution in [3.05, 3.63) is 35.7 Å². The molecule has 2 aromatic heterocycles. The summed E-state index contributed by atoms with van der Waals surface area (Å²) in [6.07, 6.45) is 4.98. The second-order valence-electron chi connectivity index (χ2n) is 5.19. The van der Waals surface area contributed by atoms with Gasteiger partial charge >= 0.3 is 0 Å². The fourth-order valence-electron chi connectivity index (χ4n) is 2.70. The number of aromatic nitrogens is 3. The number of nitrogens with two attached hydrogens (primary N) is 1. The van der Waals surface area contributed by atoms with Crippen molar-refractivity contribution >= 4 is 5.82 Å². The first-order chi connectivity index (χ1) is 9.22. The van der Waals surface area contributed by atoms with E-state index in [0.717, 1.165) is 17.1 Å². The molecule has 4 nitrogen and oxygen atoms in total. The van der Waals surface area contributed by atoms with Gasteiger partial charge in [-0.1, -0.05) is 18.9 Å². The van der Waals surface area contributed by atoms with Gasteiger partial charge in [-0.2, -0.15) is 0 Å². The molecule has 98 valence electrons. The molecule has 0 atom stereocenters. The van der Waals surface area contributed by atoms with E-state index in [1.807, 2.05) is 31.2 Å². The lowest BCUT2D eigenvalue weighted by Crippen LogP contribution is -2.04. The molecule has 19 heavy (non-hydrogen) atoms. The monoisotopic (exact) mass is 254 g/mol. The number of nitrogen functional groups attached to an aromatic ring is 1. The first-order valence-corrected chi connectivity index (χ1v) is 6.81. The standard InChI is InChI=1S/C15H18N4/c1-10-5-4-8-12(17-10)15-18-13(9-14(16)19-15)11-6-2-3-7-11/h4-5,8-9,11H,2-3,6-7H2,1H3,(H2,16,18,19). The Bertz CT molecular complexity index is 588. The van der Waals surface area contributed by atoms with E-state index in [9.17, 15) is 0 Å². The number of anilines is 1. The van der Waals surface area contributed by atoms with Gasteiger partial charge in [0.25, 0.3) is 0 Å². The second kappa shape index (κ2) is 4.96. The predicted octanol–water partition coefficient (Wildman–Crippen LogP) is 3.09. The molecule has 0 saturated heterocycles. The molecule has 1 aliphatic carbocycles. The molecule has 0 bridgehead atoms. The molecule has 0 aliphatic heterocycles. The molecule has 1 saturated carbocycles. The van der Waals surface area contributed by atoms with Crippen molar-refractivity contribution in [2.75, 3.05) is 5.73 Å². The SMILES string of the molecule is Cc1cccc(-c2nc(N)cc(C3CCCC3)n2)n1. The molecule has 4 heteroatoms. The van der Waals surface area contributed by atoms with Crippen LogP contribution in [-0.4, -0.2) is 15.0 Å². The molecular formula is C15H18N4. The largest absolute Gasteiger partial charge is 0.384 e. The fraction of sp³-hybridized carbons (Fsp3) is 0.400. The van der Waals surface area contributed by atoms with Crippen LogP contribution in [-0.2, 0) is 0 Å². The minimum Gasteiger partial charge on any atom is -0.384 e. The third-order valence-electron chi connectivity index (χ3n) is 3.66. The Balaban J connectivity index is 2.01. The Morgan fingerprint density at radius 2 is 1.89 bits per heavy atom. The van der Waals surface area contributed by atoms with Crippen molar-refractivity contribution in [3.8, 4) is 11.5 Å². The molecule has 0 aromatic carbocycles. The number of rotatable bonds is 2. The highest BCUT2D eigenvalue weighted by Crippen LogP contribution is 2.34. The molecular weight excluding hydrogens is 236 g/mol. The minimum atomic E-state index is 0.536. The summed E-state index contributed by atoms with van der Waals surface area (Å²) in [5, 5.41) is 0. The first-order valence-electron chi connectivity index (χ1n) is 6.81. The van der Waals surface area contributed by atoms with Gasteiger partial charge in [0.1, 0.15) is 11.5 Å². The Kier molecular flexibility index (Phi) is 3.15. The van der Waals surface area contributed by atoms with Gasteiger partial charge in [-0.05, 0) is 31.9 Å². The van der Waals surface area contributed by atoms with Crippen molar-refractivity contribution in [1.29, 1.82) is 0 Å². The van der Waals surface area contributed by atoms with Crippen LogP contribution in [0.2, 0.25) is 0 Å². The van der Waals surface area contributed by atoms with E-state index < -0.39 is 0 Å². The minimum absolute atomic E-state index is 0.536. The van der Waals surface area contributed by atoms with Gasteiger partial charge in [0, 0.05) is 23.4 Å². The van der Waals surface area contributed by atoms with E-state index in [-0.39, 0.29) is 0 Å². The van der Waals surface area contributed by atoms with Gasteiger partial charge < -0.3 is 5.73 Å². The highest BCUT2D eigenvalue weighted by molar-refractivity contribution is 5.52. The van der Waals surface area contributed by atoms with Crippen LogP contribution in [0, 0.1) is 6.92 Å². The van der Waals surface area contributed by atoms with Crippen LogP contribution in [0.15, 0.2) is 24.3 Å². The topological polar surface area (TPSA) is 64.7 Å². The Labute approximate surface area is 113 Å². The van der Waals surface area contributed by atoms with Crippen LogP contribution < -0.4 is 5.73 Å². The molecule has 2 heterocycles. The number of aryl methyl sites for hydroxylation is 1. The van der Waals surface area contributed by atoms with E-state index in [1.54, 1.807) is 0 Å². The maximum absolute atomic E-state index is 5.92. The van der Waals surface area contributed by atoms with E-state index in [0.29, 0.717) is 17.6 Å². The average molecular weight is 254 g/mol. The van der Waals surface area contributed by atoms with Crippen molar-refractivity contribution in [1.82, 2.24) is 15.0 Å². The summed E-state index contributed by atoms with van der Waals surface area (Å²) in [4.78, 5) is 13.5. The third-order valence-corrected chi connectivity index (χ3v) is 3.66. The summed E-state index contributed by atoms with van der Waals surface area (Å²) in [7, 11) is 0. The Hall–Kier alpha value is -1.97. The zero-order chi connectivity index (χ0) is 13.2. The van der Waals surface area contributed by atoms with Crippen molar-refractivity contribution in [3.63, 3.8) is 0 Å². The summed E-state index contributed by atoms with van der Waals surface area (Å²) >= 11 is 0. The molecule has 2 aromatic rings. The summed E-state index contributed by atoms with van der Waals surface area (Å²) in [6, 6.07) is 7.78. The van der Waals surface area contributed by atoms with Crippen LogP contribution in [0.25, 0.3) is 11.5 Å². The summed E-state index contributed by atoms with van der Waals surface area (Å²) in [5.74, 6) is 1.72. The first kappa shape index (κ1) is 12.1. The van der Waals surface area contributed by atoms with Gasteiger partial charge in [-0.15, -0.1) is 0 Å². The number of pyridine rings is 1. The normalized spacial score (nSPS) is 15.8.